The molecule has 1 atom stereocenters. The number of rotatable bonds is 6. The van der Waals surface area contributed by atoms with Crippen molar-refractivity contribution < 1.29 is 40.7 Å². The van der Waals surface area contributed by atoms with Crippen LogP contribution in [0.1, 0.15) is 85.8 Å². The first-order valence-corrected chi connectivity index (χ1v) is 19.5. The minimum absolute atomic E-state index is 0.00170. The third-order valence-corrected chi connectivity index (χ3v) is 12.6. The largest absolute Gasteiger partial charge is 0.475 e. The quantitative estimate of drug-likeness (QED) is 0.268. The molecule has 2 amide bonds. The maximum absolute atomic E-state index is 14.6. The highest BCUT2D eigenvalue weighted by molar-refractivity contribution is 7.92. The Balaban J connectivity index is 1.28. The summed E-state index contributed by atoms with van der Waals surface area (Å²) < 4.78 is 85.4. The van der Waals surface area contributed by atoms with Crippen LogP contribution >= 0.6 is 0 Å². The number of halogens is 3. The molecule has 3 fully saturated rings. The second-order valence-corrected chi connectivity index (χ2v) is 17.3. The Bertz CT molecular complexity index is 2030. The molecule has 1 aromatic heterocycles. The lowest BCUT2D eigenvalue weighted by atomic mass is 9.51. The molecule has 15 heteroatoms. The van der Waals surface area contributed by atoms with E-state index in [1.165, 1.54) is 29.2 Å². The topological polar surface area (TPSA) is 140 Å². The van der Waals surface area contributed by atoms with Gasteiger partial charge in [0.25, 0.3) is 15.9 Å². The Morgan fingerprint density at radius 2 is 1.72 bits per heavy atom. The van der Waals surface area contributed by atoms with Gasteiger partial charge in [-0.05, 0) is 114 Å². The smallest absolute Gasteiger partial charge is 0.407 e. The zero-order chi connectivity index (χ0) is 38.1. The van der Waals surface area contributed by atoms with Crippen molar-refractivity contribution in [3.8, 4) is 17.1 Å². The molecule has 3 saturated carbocycles. The number of nitrogens with one attached hydrogen (secondary N) is 2. The van der Waals surface area contributed by atoms with Crippen molar-refractivity contribution in [1.82, 2.24) is 20.2 Å². The maximum atomic E-state index is 14.6. The summed E-state index contributed by atoms with van der Waals surface area (Å²) in [5.74, 6) is -0.845. The molecule has 2 heterocycles. The SMILES string of the molecule is Cc1cccc(C)c1-c1nc2nc(c1C)OC[C@@H](CC1(C(F)(F)F)CC1)N([C@H]1CC3(C[C@H](NC(=O)OC(C)C)C3)C1)C(=O)c1cccc(c1)S(=O)(=O)N2. The number of alkyl halides is 3. The molecule has 3 aliphatic carbocycles. The fourth-order valence-electron chi connectivity index (χ4n) is 8.46. The molecule has 4 bridgehead atoms. The van der Waals surface area contributed by atoms with Gasteiger partial charge in [0.05, 0.1) is 28.2 Å². The van der Waals surface area contributed by atoms with Gasteiger partial charge < -0.3 is 19.7 Å². The van der Waals surface area contributed by atoms with Crippen molar-refractivity contribution in [3.63, 3.8) is 0 Å². The molecule has 1 spiro atoms. The van der Waals surface area contributed by atoms with Crippen LogP contribution in [-0.4, -0.2) is 72.3 Å². The molecular formula is C38H44F3N5O6S. The van der Waals surface area contributed by atoms with E-state index in [-0.39, 0.29) is 65.7 Å². The Morgan fingerprint density at radius 1 is 1.06 bits per heavy atom. The second kappa shape index (κ2) is 13.2. The predicted octanol–water partition coefficient (Wildman–Crippen LogP) is 7.25. The van der Waals surface area contributed by atoms with Crippen molar-refractivity contribution in [1.29, 1.82) is 0 Å². The summed E-state index contributed by atoms with van der Waals surface area (Å²) in [5.41, 5.74) is 1.24. The van der Waals surface area contributed by atoms with Crippen LogP contribution in [0.4, 0.5) is 23.9 Å². The summed E-state index contributed by atoms with van der Waals surface area (Å²) in [6.45, 7) is 8.73. The average Bonchev–Trinajstić information content (AvgIpc) is 3.83. The Labute approximate surface area is 307 Å². The normalized spacial score (nSPS) is 25.8. The Kier molecular flexibility index (Phi) is 9.18. The third-order valence-electron chi connectivity index (χ3n) is 11.3. The highest BCUT2D eigenvalue weighted by Gasteiger charge is 2.65. The number of fused-ring (bicyclic) bond motifs is 4. The van der Waals surface area contributed by atoms with Crippen LogP contribution < -0.4 is 14.8 Å². The molecule has 2 aromatic carbocycles. The number of aromatic nitrogens is 2. The van der Waals surface area contributed by atoms with Gasteiger partial charge in [-0.25, -0.2) is 22.9 Å². The summed E-state index contributed by atoms with van der Waals surface area (Å²) in [4.78, 5) is 37.1. The first kappa shape index (κ1) is 36.9. The lowest BCUT2D eigenvalue weighted by Gasteiger charge is -2.60. The number of carbonyl (C=O) groups is 2. The van der Waals surface area contributed by atoms with Gasteiger partial charge in [-0.1, -0.05) is 24.3 Å². The summed E-state index contributed by atoms with van der Waals surface area (Å²) in [5, 5.41) is 2.87. The average molecular weight is 756 g/mol. The van der Waals surface area contributed by atoms with E-state index in [2.05, 4.69) is 20.0 Å². The van der Waals surface area contributed by atoms with Crippen LogP contribution in [0.15, 0.2) is 47.4 Å². The van der Waals surface area contributed by atoms with E-state index < -0.39 is 45.7 Å². The molecular weight excluding hydrogens is 712 g/mol. The Morgan fingerprint density at radius 3 is 2.34 bits per heavy atom. The minimum Gasteiger partial charge on any atom is -0.475 e. The molecule has 4 aliphatic rings. The summed E-state index contributed by atoms with van der Waals surface area (Å²) in [6, 6.07) is 9.60. The number of hydrogen-bond donors (Lipinski definition) is 2. The van der Waals surface area contributed by atoms with E-state index in [1.807, 2.05) is 32.0 Å². The van der Waals surface area contributed by atoms with E-state index in [4.69, 9.17) is 9.47 Å². The number of carbonyl (C=O) groups excluding carboxylic acids is 2. The molecule has 1 aliphatic heterocycles. The molecule has 0 unspecified atom stereocenters. The monoisotopic (exact) mass is 755 g/mol. The van der Waals surface area contributed by atoms with Gasteiger partial charge in [0.2, 0.25) is 11.8 Å². The highest BCUT2D eigenvalue weighted by atomic mass is 32.2. The van der Waals surface area contributed by atoms with Crippen molar-refractivity contribution >= 4 is 28.0 Å². The minimum atomic E-state index is -4.49. The number of sulfonamides is 1. The number of benzene rings is 2. The van der Waals surface area contributed by atoms with Gasteiger partial charge in [-0.15, -0.1) is 0 Å². The molecule has 2 N–H and O–H groups in total. The fraction of sp³-hybridized carbons (Fsp3) is 0.526. The van der Waals surface area contributed by atoms with E-state index in [9.17, 15) is 31.2 Å². The predicted molar refractivity (Wildman–Crippen MR) is 190 cm³/mol. The van der Waals surface area contributed by atoms with Crippen LogP contribution in [0.5, 0.6) is 5.88 Å². The summed E-state index contributed by atoms with van der Waals surface area (Å²) in [7, 11) is -4.33. The summed E-state index contributed by atoms with van der Waals surface area (Å²) in [6.07, 6.45) is -3.45. The first-order valence-electron chi connectivity index (χ1n) is 18.0. The number of hydrogen-bond acceptors (Lipinski definition) is 8. The highest BCUT2D eigenvalue weighted by Crippen LogP contribution is 2.62. The third kappa shape index (κ3) is 7.04. The van der Waals surface area contributed by atoms with Crippen molar-refractivity contribution in [2.24, 2.45) is 10.8 Å². The molecule has 3 aromatic rings. The number of nitrogens with zero attached hydrogens (tertiary/aromatic N) is 3. The molecule has 0 saturated heterocycles. The van der Waals surface area contributed by atoms with E-state index in [1.54, 1.807) is 20.8 Å². The van der Waals surface area contributed by atoms with Crippen molar-refractivity contribution in [2.75, 3.05) is 11.3 Å². The van der Waals surface area contributed by atoms with E-state index in [0.717, 1.165) is 16.7 Å². The van der Waals surface area contributed by atoms with Gasteiger partial charge in [-0.2, -0.15) is 18.2 Å². The van der Waals surface area contributed by atoms with Gasteiger partial charge in [0.15, 0.2) is 0 Å². The van der Waals surface area contributed by atoms with Gasteiger partial charge >= 0.3 is 12.3 Å². The molecule has 7 rings (SSSR count). The number of aryl methyl sites for hydroxylation is 2. The van der Waals surface area contributed by atoms with Crippen LogP contribution in [0.3, 0.4) is 0 Å². The van der Waals surface area contributed by atoms with Crippen LogP contribution in [-0.2, 0) is 14.8 Å². The molecule has 11 nitrogen and oxygen atoms in total. The molecule has 284 valence electrons. The van der Waals surface area contributed by atoms with Crippen LogP contribution in [0.25, 0.3) is 11.3 Å². The second-order valence-electron chi connectivity index (χ2n) is 15.7. The number of ether oxygens (including phenoxy) is 2. The van der Waals surface area contributed by atoms with Gasteiger partial charge in [0.1, 0.15) is 6.61 Å². The van der Waals surface area contributed by atoms with Gasteiger partial charge in [0, 0.05) is 28.8 Å². The van der Waals surface area contributed by atoms with E-state index >= 15 is 0 Å². The fourth-order valence-corrected chi connectivity index (χ4v) is 9.45. The zero-order valence-corrected chi connectivity index (χ0v) is 31.2. The van der Waals surface area contributed by atoms with E-state index in [0.29, 0.717) is 36.9 Å². The Hall–Kier alpha value is -4.40. The molecule has 53 heavy (non-hydrogen) atoms. The number of anilines is 1. The van der Waals surface area contributed by atoms with Crippen LogP contribution in [0.2, 0.25) is 0 Å². The standard InChI is InChI=1S/C38H44F3N5O6S/c1-21(2)52-35(48)42-26-15-36(16-26)17-27(18-36)46-28(19-37(12-13-37)38(39,40)41)20-51-32-24(5)31(30-22(3)8-6-9-23(30)4)43-34(44-32)45-53(49,50)29-11-7-10-25(14-29)33(46)47/h6-11,14,21,26-28H,12-13,15-20H2,1-5H3,(H,42,48)(H,43,44,45)/t26-,27-,28-,36?/m1/s1. The maximum Gasteiger partial charge on any atom is 0.407 e. The lowest BCUT2D eigenvalue weighted by molar-refractivity contribution is -0.194. The summed E-state index contributed by atoms with van der Waals surface area (Å²) >= 11 is 0. The van der Waals surface area contributed by atoms with Crippen LogP contribution in [0, 0.1) is 31.6 Å². The number of alkyl carbamates (subject to hydrolysis) is 1. The zero-order valence-electron chi connectivity index (χ0n) is 30.3. The lowest BCUT2D eigenvalue weighted by Crippen LogP contribution is -2.64. The first-order chi connectivity index (χ1) is 24.9. The number of amides is 2. The van der Waals surface area contributed by atoms with Gasteiger partial charge in [-0.3, -0.25) is 4.79 Å². The van der Waals surface area contributed by atoms with Crippen molar-refractivity contribution in [3.05, 3.63) is 64.7 Å². The van der Waals surface area contributed by atoms with Crippen molar-refractivity contribution in [2.45, 2.75) is 115 Å². The molecule has 0 radical (unpaired) electrons.